The molecular formula is C5H12N2. The Morgan fingerprint density at radius 1 is 0.857 bits per heavy atom. The van der Waals surface area contributed by atoms with Crippen LogP contribution in [-0.4, -0.2) is 19.8 Å². The van der Waals surface area contributed by atoms with Crippen molar-refractivity contribution in [1.82, 2.24) is 10.6 Å². The molecule has 0 aromatic rings. The first-order chi connectivity index (χ1) is 3.50. The van der Waals surface area contributed by atoms with Crippen LogP contribution in [0.5, 0.6) is 0 Å². The van der Waals surface area contributed by atoms with Gasteiger partial charge in [0, 0.05) is 6.67 Å². The summed E-state index contributed by atoms with van der Waals surface area (Å²) in [6, 6.07) is 0. The van der Waals surface area contributed by atoms with Gasteiger partial charge in [-0.3, -0.25) is 0 Å². The van der Waals surface area contributed by atoms with Crippen LogP contribution in [0.1, 0.15) is 12.8 Å². The third kappa shape index (κ3) is 1.90. The molecular weight excluding hydrogens is 88.1 g/mol. The van der Waals surface area contributed by atoms with E-state index in [2.05, 4.69) is 10.6 Å². The summed E-state index contributed by atoms with van der Waals surface area (Å²) in [6.07, 6.45) is 2.65. The molecule has 0 bridgehead atoms. The van der Waals surface area contributed by atoms with Crippen LogP contribution in [-0.2, 0) is 0 Å². The second-order valence-electron chi connectivity index (χ2n) is 1.88. The van der Waals surface area contributed by atoms with Crippen LogP contribution in [0.2, 0.25) is 0 Å². The Balaban J connectivity index is 2.04. The molecule has 2 heteroatoms. The molecule has 0 amide bonds. The summed E-state index contributed by atoms with van der Waals surface area (Å²) in [4.78, 5) is 0. The van der Waals surface area contributed by atoms with E-state index in [9.17, 15) is 0 Å². The van der Waals surface area contributed by atoms with Crippen molar-refractivity contribution in [3.63, 3.8) is 0 Å². The lowest BCUT2D eigenvalue weighted by molar-refractivity contribution is 0.652. The lowest BCUT2D eigenvalue weighted by Gasteiger charge is -1.94. The van der Waals surface area contributed by atoms with E-state index in [-0.39, 0.29) is 0 Å². The first-order valence-electron chi connectivity index (χ1n) is 2.91. The summed E-state index contributed by atoms with van der Waals surface area (Å²) < 4.78 is 0. The average Bonchev–Trinajstić information content (AvgIpc) is 1.90. The normalized spacial score (nSPS) is 24.0. The van der Waals surface area contributed by atoms with Gasteiger partial charge >= 0.3 is 0 Å². The largest absolute Gasteiger partial charge is 0.304 e. The Bertz CT molecular complexity index is 25.7. The van der Waals surface area contributed by atoms with Crippen molar-refractivity contribution in [1.29, 1.82) is 0 Å². The van der Waals surface area contributed by atoms with Crippen LogP contribution in [0.15, 0.2) is 0 Å². The minimum absolute atomic E-state index is 1.00. The molecule has 0 radical (unpaired) electrons. The third-order valence-corrected chi connectivity index (χ3v) is 1.21. The van der Waals surface area contributed by atoms with Gasteiger partial charge in [0.1, 0.15) is 0 Å². The average molecular weight is 100 g/mol. The van der Waals surface area contributed by atoms with E-state index in [4.69, 9.17) is 0 Å². The first kappa shape index (κ1) is 5.06. The number of nitrogens with one attached hydrogen (secondary N) is 2. The highest BCUT2D eigenvalue weighted by molar-refractivity contribution is 4.54. The molecule has 7 heavy (non-hydrogen) atoms. The minimum Gasteiger partial charge on any atom is -0.304 e. The molecule has 1 heterocycles. The molecule has 1 fully saturated rings. The molecule has 1 aliphatic rings. The number of hydrogen-bond acceptors (Lipinski definition) is 2. The zero-order chi connectivity index (χ0) is 4.95. The van der Waals surface area contributed by atoms with E-state index in [1.807, 2.05) is 0 Å². The van der Waals surface area contributed by atoms with Gasteiger partial charge in [-0.1, -0.05) is 0 Å². The fourth-order valence-corrected chi connectivity index (χ4v) is 0.765. The molecule has 0 aromatic heterocycles. The van der Waals surface area contributed by atoms with Gasteiger partial charge in [0.25, 0.3) is 0 Å². The van der Waals surface area contributed by atoms with Gasteiger partial charge in [0.05, 0.1) is 0 Å². The molecule has 2 nitrogen and oxygen atoms in total. The van der Waals surface area contributed by atoms with Crippen LogP contribution in [0, 0.1) is 0 Å². The summed E-state index contributed by atoms with van der Waals surface area (Å²) >= 11 is 0. The summed E-state index contributed by atoms with van der Waals surface area (Å²) in [7, 11) is 0. The lowest BCUT2D eigenvalue weighted by atomic mass is 10.3. The van der Waals surface area contributed by atoms with Crippen LogP contribution < -0.4 is 10.6 Å². The zero-order valence-electron chi connectivity index (χ0n) is 4.54. The number of rotatable bonds is 0. The van der Waals surface area contributed by atoms with E-state index in [0.717, 1.165) is 6.67 Å². The summed E-state index contributed by atoms with van der Waals surface area (Å²) in [5.74, 6) is 0. The smallest absolute Gasteiger partial charge is 0.0454 e. The quantitative estimate of drug-likeness (QED) is 0.445. The Labute approximate surface area is 44.3 Å². The van der Waals surface area contributed by atoms with Crippen LogP contribution >= 0.6 is 0 Å². The van der Waals surface area contributed by atoms with E-state index >= 15 is 0 Å². The predicted molar refractivity (Wildman–Crippen MR) is 30.1 cm³/mol. The first-order valence-corrected chi connectivity index (χ1v) is 2.91. The van der Waals surface area contributed by atoms with Crippen molar-refractivity contribution < 1.29 is 0 Å². The van der Waals surface area contributed by atoms with Crippen molar-refractivity contribution in [3.05, 3.63) is 0 Å². The van der Waals surface area contributed by atoms with Crippen molar-refractivity contribution in [2.24, 2.45) is 0 Å². The molecule has 1 aliphatic heterocycles. The van der Waals surface area contributed by atoms with E-state index in [1.54, 1.807) is 0 Å². The molecule has 1 rings (SSSR count). The molecule has 0 aromatic carbocycles. The van der Waals surface area contributed by atoms with Gasteiger partial charge in [0.2, 0.25) is 0 Å². The highest BCUT2D eigenvalue weighted by Crippen LogP contribution is 1.85. The summed E-state index contributed by atoms with van der Waals surface area (Å²) in [5, 5.41) is 6.47. The second-order valence-corrected chi connectivity index (χ2v) is 1.88. The summed E-state index contributed by atoms with van der Waals surface area (Å²) in [5.41, 5.74) is 0. The molecule has 1 saturated heterocycles. The van der Waals surface area contributed by atoms with Crippen LogP contribution in [0.4, 0.5) is 0 Å². The monoisotopic (exact) mass is 100 g/mol. The molecule has 0 aliphatic carbocycles. The maximum Gasteiger partial charge on any atom is 0.0454 e. The van der Waals surface area contributed by atoms with E-state index < -0.39 is 0 Å². The highest BCUT2D eigenvalue weighted by atomic mass is 15.1. The molecule has 0 atom stereocenters. The molecule has 0 spiro atoms. The predicted octanol–water partition coefficient (Wildman–Crippen LogP) is -0.0831. The molecule has 42 valence electrons. The van der Waals surface area contributed by atoms with Gasteiger partial charge in [0.15, 0.2) is 0 Å². The van der Waals surface area contributed by atoms with Gasteiger partial charge in [-0.15, -0.1) is 0 Å². The van der Waals surface area contributed by atoms with Crippen molar-refractivity contribution in [2.75, 3.05) is 19.8 Å². The molecule has 0 saturated carbocycles. The fourth-order valence-electron chi connectivity index (χ4n) is 0.765. The third-order valence-electron chi connectivity index (χ3n) is 1.21. The minimum atomic E-state index is 1.00. The maximum atomic E-state index is 3.24. The maximum absolute atomic E-state index is 3.24. The Morgan fingerprint density at radius 3 is 2.00 bits per heavy atom. The Morgan fingerprint density at radius 2 is 1.43 bits per heavy atom. The van der Waals surface area contributed by atoms with Crippen LogP contribution in [0.25, 0.3) is 0 Å². The molecule has 0 unspecified atom stereocenters. The Hall–Kier alpha value is -0.0800. The van der Waals surface area contributed by atoms with Gasteiger partial charge < -0.3 is 10.6 Å². The van der Waals surface area contributed by atoms with Crippen LogP contribution in [0.3, 0.4) is 0 Å². The van der Waals surface area contributed by atoms with Gasteiger partial charge in [-0.25, -0.2) is 0 Å². The summed E-state index contributed by atoms with van der Waals surface area (Å²) in [6.45, 7) is 3.38. The van der Waals surface area contributed by atoms with E-state index in [1.165, 1.54) is 25.9 Å². The van der Waals surface area contributed by atoms with Gasteiger partial charge in [-0.05, 0) is 25.9 Å². The van der Waals surface area contributed by atoms with Crippen molar-refractivity contribution in [3.8, 4) is 0 Å². The van der Waals surface area contributed by atoms with Crippen molar-refractivity contribution >= 4 is 0 Å². The standard InChI is InChI=1S/C5H12N2/c1-2-4-7-5-6-3-1/h6-7H,1-5H2. The number of hydrogen-bond donors (Lipinski definition) is 2. The zero-order valence-corrected chi connectivity index (χ0v) is 4.54. The van der Waals surface area contributed by atoms with Gasteiger partial charge in [-0.2, -0.15) is 0 Å². The Kier molecular flexibility index (Phi) is 2.17. The SMILES string of the molecule is C1CCNCNC1. The molecule has 2 N–H and O–H groups in total. The second kappa shape index (κ2) is 2.99. The van der Waals surface area contributed by atoms with E-state index in [0.29, 0.717) is 0 Å². The highest BCUT2D eigenvalue weighted by Gasteiger charge is 1.92. The fraction of sp³-hybridized carbons (Fsp3) is 1.00. The van der Waals surface area contributed by atoms with Crippen molar-refractivity contribution in [2.45, 2.75) is 12.8 Å². The lowest BCUT2D eigenvalue weighted by Crippen LogP contribution is -2.25. The topological polar surface area (TPSA) is 24.1 Å².